The molecule has 22 heavy (non-hydrogen) atoms. The minimum Gasteiger partial charge on any atom is -0.497 e. The van der Waals surface area contributed by atoms with Gasteiger partial charge >= 0.3 is 0 Å². The number of fused-ring (bicyclic) bond motifs is 1. The molecule has 2 N–H and O–H groups in total. The molecule has 0 saturated heterocycles. The van der Waals surface area contributed by atoms with E-state index in [-0.39, 0.29) is 17.2 Å². The molecule has 0 saturated carbocycles. The van der Waals surface area contributed by atoms with Crippen molar-refractivity contribution in [1.82, 2.24) is 0 Å². The molecule has 1 amide bonds. The summed E-state index contributed by atoms with van der Waals surface area (Å²) in [4.78, 5) is 11.4. The number of amides is 1. The zero-order valence-corrected chi connectivity index (χ0v) is 12.6. The lowest BCUT2D eigenvalue weighted by Gasteiger charge is -2.09. The molecule has 114 valence electrons. The van der Waals surface area contributed by atoms with E-state index in [9.17, 15) is 13.2 Å². The number of ether oxygens (including phenoxy) is 1. The maximum Gasteiger partial charge on any atom is 0.261 e. The summed E-state index contributed by atoms with van der Waals surface area (Å²) >= 11 is 0. The molecule has 0 atom stereocenters. The Morgan fingerprint density at radius 2 is 1.86 bits per heavy atom. The van der Waals surface area contributed by atoms with E-state index < -0.39 is 10.0 Å². The van der Waals surface area contributed by atoms with Crippen LogP contribution in [0.25, 0.3) is 0 Å². The van der Waals surface area contributed by atoms with Crippen LogP contribution in [-0.4, -0.2) is 21.4 Å². The smallest absolute Gasteiger partial charge is 0.261 e. The highest BCUT2D eigenvalue weighted by Gasteiger charge is 2.21. The SMILES string of the molecule is COc1ccc(NS(=O)(=O)c2ccc3c(c2)CC(=O)N3)cc1. The molecule has 6 nitrogen and oxygen atoms in total. The van der Waals surface area contributed by atoms with Crippen LogP contribution in [0.3, 0.4) is 0 Å². The van der Waals surface area contributed by atoms with E-state index in [0.717, 1.165) is 0 Å². The second-order valence-corrected chi connectivity index (χ2v) is 6.56. The van der Waals surface area contributed by atoms with Crippen LogP contribution in [0, 0.1) is 0 Å². The summed E-state index contributed by atoms with van der Waals surface area (Å²) in [5.41, 5.74) is 1.78. The molecule has 0 spiro atoms. The molecule has 0 unspecified atom stereocenters. The summed E-state index contributed by atoms with van der Waals surface area (Å²) in [6.07, 6.45) is 0.196. The summed E-state index contributed by atoms with van der Waals surface area (Å²) in [7, 11) is -2.16. The lowest BCUT2D eigenvalue weighted by Crippen LogP contribution is -2.13. The zero-order chi connectivity index (χ0) is 15.7. The summed E-state index contributed by atoms with van der Waals surface area (Å²) in [6.45, 7) is 0. The van der Waals surface area contributed by atoms with Gasteiger partial charge in [-0.3, -0.25) is 9.52 Å². The molecule has 0 radical (unpaired) electrons. The Balaban J connectivity index is 1.86. The van der Waals surface area contributed by atoms with Crippen LogP contribution in [0.4, 0.5) is 11.4 Å². The van der Waals surface area contributed by atoms with Gasteiger partial charge in [-0.1, -0.05) is 0 Å². The van der Waals surface area contributed by atoms with E-state index in [1.54, 1.807) is 37.4 Å². The van der Waals surface area contributed by atoms with Gasteiger partial charge in [-0.05, 0) is 48.0 Å². The van der Waals surface area contributed by atoms with Gasteiger partial charge in [-0.15, -0.1) is 0 Å². The Morgan fingerprint density at radius 3 is 2.55 bits per heavy atom. The zero-order valence-electron chi connectivity index (χ0n) is 11.8. The van der Waals surface area contributed by atoms with Gasteiger partial charge in [0.1, 0.15) is 5.75 Å². The quantitative estimate of drug-likeness (QED) is 0.903. The topological polar surface area (TPSA) is 84.5 Å². The number of sulfonamides is 1. The maximum atomic E-state index is 12.4. The van der Waals surface area contributed by atoms with Gasteiger partial charge in [0.25, 0.3) is 10.0 Å². The van der Waals surface area contributed by atoms with Gasteiger partial charge in [0.2, 0.25) is 5.91 Å². The van der Waals surface area contributed by atoms with Crippen LogP contribution in [0.1, 0.15) is 5.56 Å². The van der Waals surface area contributed by atoms with Crippen molar-refractivity contribution in [3.05, 3.63) is 48.0 Å². The molecule has 1 heterocycles. The lowest BCUT2D eigenvalue weighted by atomic mass is 10.2. The van der Waals surface area contributed by atoms with Crippen LogP contribution in [0.2, 0.25) is 0 Å². The highest BCUT2D eigenvalue weighted by atomic mass is 32.2. The number of carbonyl (C=O) groups is 1. The first kappa shape index (κ1) is 14.4. The second-order valence-electron chi connectivity index (χ2n) is 4.88. The number of carbonyl (C=O) groups excluding carboxylic acids is 1. The minimum atomic E-state index is -3.70. The molecule has 3 rings (SSSR count). The number of nitrogens with one attached hydrogen (secondary N) is 2. The van der Waals surface area contributed by atoms with Crippen LogP contribution < -0.4 is 14.8 Å². The van der Waals surface area contributed by atoms with Crippen LogP contribution in [0.15, 0.2) is 47.4 Å². The number of rotatable bonds is 4. The number of methoxy groups -OCH3 is 1. The third kappa shape index (κ3) is 2.75. The summed E-state index contributed by atoms with van der Waals surface area (Å²) in [5.74, 6) is 0.512. The largest absolute Gasteiger partial charge is 0.497 e. The van der Waals surface area contributed by atoms with Crippen molar-refractivity contribution in [2.24, 2.45) is 0 Å². The van der Waals surface area contributed by atoms with Crippen molar-refractivity contribution in [3.8, 4) is 5.75 Å². The van der Waals surface area contributed by atoms with Crippen molar-refractivity contribution >= 4 is 27.3 Å². The highest BCUT2D eigenvalue weighted by molar-refractivity contribution is 7.92. The standard InChI is InChI=1S/C15H14N2O4S/c1-21-12-4-2-11(3-5-12)17-22(19,20)13-6-7-14-10(8-13)9-15(18)16-14/h2-8,17H,9H2,1H3,(H,16,18). The Bertz CT molecular complexity index is 829. The van der Waals surface area contributed by atoms with Crippen LogP contribution in [-0.2, 0) is 21.2 Å². The van der Waals surface area contributed by atoms with E-state index >= 15 is 0 Å². The van der Waals surface area contributed by atoms with Gasteiger partial charge in [-0.25, -0.2) is 8.42 Å². The first-order valence-corrected chi connectivity index (χ1v) is 8.06. The third-order valence-electron chi connectivity index (χ3n) is 3.35. The van der Waals surface area contributed by atoms with E-state index in [1.165, 1.54) is 12.1 Å². The van der Waals surface area contributed by atoms with Crippen molar-refractivity contribution in [2.75, 3.05) is 17.1 Å². The Morgan fingerprint density at radius 1 is 1.14 bits per heavy atom. The molecule has 7 heteroatoms. The molecule has 0 aromatic heterocycles. The molecule has 0 fully saturated rings. The Kier molecular flexibility index (Phi) is 3.50. The average molecular weight is 318 g/mol. The van der Waals surface area contributed by atoms with Crippen LogP contribution >= 0.6 is 0 Å². The molecule has 0 bridgehead atoms. The Labute approximate surface area is 128 Å². The second kappa shape index (κ2) is 5.34. The van der Waals surface area contributed by atoms with Crippen molar-refractivity contribution in [2.45, 2.75) is 11.3 Å². The van der Waals surface area contributed by atoms with Crippen molar-refractivity contribution < 1.29 is 17.9 Å². The predicted octanol–water partition coefficient (Wildman–Crippen LogP) is 1.99. The molecule has 2 aromatic carbocycles. The van der Waals surface area contributed by atoms with Crippen molar-refractivity contribution in [1.29, 1.82) is 0 Å². The monoisotopic (exact) mass is 318 g/mol. The molecular weight excluding hydrogens is 304 g/mol. The van der Waals surface area contributed by atoms with E-state index in [0.29, 0.717) is 22.7 Å². The first-order chi connectivity index (χ1) is 10.5. The number of benzene rings is 2. The highest BCUT2D eigenvalue weighted by Crippen LogP contribution is 2.27. The average Bonchev–Trinajstić information content (AvgIpc) is 2.86. The fourth-order valence-corrected chi connectivity index (χ4v) is 3.35. The van der Waals surface area contributed by atoms with E-state index in [1.807, 2.05) is 0 Å². The van der Waals surface area contributed by atoms with Crippen molar-refractivity contribution in [3.63, 3.8) is 0 Å². The summed E-state index contributed by atoms with van der Waals surface area (Å²) in [5, 5.41) is 2.67. The van der Waals surface area contributed by atoms with Gasteiger partial charge in [0.05, 0.1) is 18.4 Å². The molecular formula is C15H14N2O4S. The predicted molar refractivity (Wildman–Crippen MR) is 82.6 cm³/mol. The number of hydrogen-bond donors (Lipinski definition) is 2. The first-order valence-electron chi connectivity index (χ1n) is 6.57. The van der Waals surface area contributed by atoms with Gasteiger partial charge in [0, 0.05) is 11.4 Å². The molecule has 1 aliphatic heterocycles. The fourth-order valence-electron chi connectivity index (χ4n) is 2.25. The van der Waals surface area contributed by atoms with E-state index in [4.69, 9.17) is 4.74 Å². The maximum absolute atomic E-state index is 12.4. The van der Waals surface area contributed by atoms with E-state index in [2.05, 4.69) is 10.0 Å². The minimum absolute atomic E-state index is 0.124. The van der Waals surface area contributed by atoms with Crippen LogP contribution in [0.5, 0.6) is 5.75 Å². The molecule has 0 aliphatic carbocycles. The van der Waals surface area contributed by atoms with Gasteiger partial charge in [0.15, 0.2) is 0 Å². The summed E-state index contributed by atoms with van der Waals surface area (Å²) < 4.78 is 32.3. The third-order valence-corrected chi connectivity index (χ3v) is 4.73. The fraction of sp³-hybridized carbons (Fsp3) is 0.133. The normalized spacial score (nSPS) is 13.4. The number of anilines is 2. The number of hydrogen-bond acceptors (Lipinski definition) is 4. The van der Waals surface area contributed by atoms with Gasteiger partial charge in [-0.2, -0.15) is 0 Å². The molecule has 1 aliphatic rings. The summed E-state index contributed by atoms with van der Waals surface area (Å²) in [6, 6.07) is 11.2. The van der Waals surface area contributed by atoms with Gasteiger partial charge < -0.3 is 10.1 Å². The Hall–Kier alpha value is -2.54. The molecule has 2 aromatic rings. The lowest BCUT2D eigenvalue weighted by molar-refractivity contribution is -0.115.